The van der Waals surface area contributed by atoms with Crippen LogP contribution in [-0.2, 0) is 27.9 Å². The number of carbonyl (C=O) groups excluding carboxylic acids is 2. The quantitative estimate of drug-likeness (QED) is 0.344. The zero-order valence-corrected chi connectivity index (χ0v) is 31.5. The standard InChI is InChI=1S/C36H45ClN6O7S/c1-20-11-29(41-10-9-40(5)25(17-41)19-49-6)21(2)33-31(20)26-7-8-42(18-27(26)36(46)50-33)35(45)22-13-28(37)32(34(44)38-51(47,48)39(3)4)30(14-22)43-15-23-12-24(23)16-43/h11,13-14,23-25H,7-10,12,15-19H2,1-6H3,(H,38,44)/t23?,24?,25-/m1/s1. The van der Waals surface area contributed by atoms with Crippen LogP contribution in [0.4, 0.5) is 11.4 Å². The van der Waals surface area contributed by atoms with E-state index in [1.807, 2.05) is 18.7 Å². The Kier molecular flexibility index (Phi) is 9.36. The minimum absolute atomic E-state index is 0.00653. The maximum Gasteiger partial charge on any atom is 0.341 e. The molecule has 3 aromatic rings. The summed E-state index contributed by atoms with van der Waals surface area (Å²) in [7, 11) is 2.38. The fourth-order valence-electron chi connectivity index (χ4n) is 8.02. The topological polar surface area (TPSA) is 136 Å². The van der Waals surface area contributed by atoms with Crippen molar-refractivity contribution in [3.8, 4) is 0 Å². The van der Waals surface area contributed by atoms with Gasteiger partial charge in [0.25, 0.3) is 11.8 Å². The van der Waals surface area contributed by atoms with Crippen LogP contribution < -0.4 is 20.1 Å². The van der Waals surface area contributed by atoms with Crippen molar-refractivity contribution >= 4 is 56.0 Å². The zero-order chi connectivity index (χ0) is 36.5. The SMILES string of the molecule is COC[C@H]1CN(c2cc(C)c3c4c(c(=O)oc3c2C)CN(C(=O)c2cc(Cl)c(C(=O)NS(=O)(=O)N(C)C)c(N3CC5CC5C3)c2)CC4)CCN1C. The summed E-state index contributed by atoms with van der Waals surface area (Å²) in [6.45, 7) is 9.01. The summed E-state index contributed by atoms with van der Waals surface area (Å²) in [4.78, 5) is 49.4. The number of piperazine rings is 1. The average Bonchev–Trinajstić information content (AvgIpc) is 3.70. The molecule has 15 heteroatoms. The third kappa shape index (κ3) is 6.50. The van der Waals surface area contributed by atoms with Crippen LogP contribution in [0.5, 0.6) is 0 Å². The highest BCUT2D eigenvalue weighted by atomic mass is 35.5. The van der Waals surface area contributed by atoms with Crippen molar-refractivity contribution in [2.45, 2.75) is 39.3 Å². The van der Waals surface area contributed by atoms with Gasteiger partial charge < -0.3 is 23.9 Å². The molecule has 1 N–H and O–H groups in total. The number of ether oxygens (including phenoxy) is 1. The average molecular weight is 741 g/mol. The summed E-state index contributed by atoms with van der Waals surface area (Å²) in [5, 5.41) is 0.892. The van der Waals surface area contributed by atoms with Gasteiger partial charge in [0.05, 0.1) is 41.0 Å². The van der Waals surface area contributed by atoms with E-state index in [9.17, 15) is 22.8 Å². The number of methoxy groups -OCH3 is 1. The highest BCUT2D eigenvalue weighted by Crippen LogP contribution is 2.47. The second-order valence-electron chi connectivity index (χ2n) is 14.6. The summed E-state index contributed by atoms with van der Waals surface area (Å²) in [5.74, 6) is -0.218. The molecule has 0 spiro atoms. The van der Waals surface area contributed by atoms with Gasteiger partial charge in [0.1, 0.15) is 5.58 Å². The fourth-order valence-corrected chi connectivity index (χ4v) is 8.84. The van der Waals surface area contributed by atoms with Gasteiger partial charge >= 0.3 is 15.8 Å². The van der Waals surface area contributed by atoms with E-state index in [0.717, 1.165) is 58.1 Å². The second-order valence-corrected chi connectivity index (χ2v) is 16.9. The lowest BCUT2D eigenvalue weighted by molar-refractivity contribution is 0.0732. The molecular formula is C36H45ClN6O7S. The van der Waals surface area contributed by atoms with Crippen molar-refractivity contribution in [1.29, 1.82) is 0 Å². The molecular weight excluding hydrogens is 696 g/mol. The van der Waals surface area contributed by atoms with E-state index in [4.69, 9.17) is 20.8 Å². The van der Waals surface area contributed by atoms with Crippen LogP contribution >= 0.6 is 11.6 Å². The van der Waals surface area contributed by atoms with E-state index >= 15 is 0 Å². The van der Waals surface area contributed by atoms with Gasteiger partial charge in [-0.15, -0.1) is 0 Å². The molecule has 274 valence electrons. The van der Waals surface area contributed by atoms with E-state index in [0.29, 0.717) is 61.3 Å². The maximum absolute atomic E-state index is 14.1. The first kappa shape index (κ1) is 35.7. The normalized spacial score (nSPS) is 22.0. The Balaban J connectivity index is 1.19. The highest BCUT2D eigenvalue weighted by molar-refractivity contribution is 7.87. The second kappa shape index (κ2) is 13.4. The first-order valence-electron chi connectivity index (χ1n) is 17.3. The molecule has 0 radical (unpaired) electrons. The Labute approximate surface area is 303 Å². The van der Waals surface area contributed by atoms with Gasteiger partial charge in [-0.3, -0.25) is 14.5 Å². The van der Waals surface area contributed by atoms with Crippen molar-refractivity contribution in [3.05, 3.63) is 67.0 Å². The minimum atomic E-state index is -4.08. The summed E-state index contributed by atoms with van der Waals surface area (Å²) in [6.07, 6.45) is 1.57. The number of carbonyl (C=O) groups is 2. The van der Waals surface area contributed by atoms with Crippen molar-refractivity contribution < 1.29 is 27.2 Å². The molecule has 0 bridgehead atoms. The van der Waals surface area contributed by atoms with Gasteiger partial charge in [0, 0.05) is 82.7 Å². The number of benzene rings is 2. The number of likely N-dealkylation sites (N-methyl/N-ethyl adjacent to an activating group) is 1. The van der Waals surface area contributed by atoms with E-state index in [2.05, 4.69) is 27.6 Å². The molecule has 2 amide bonds. The number of piperidine rings is 1. The predicted octanol–water partition coefficient (Wildman–Crippen LogP) is 3.02. The number of nitrogens with zero attached hydrogens (tertiary/aromatic N) is 5. The van der Waals surface area contributed by atoms with Gasteiger partial charge in [0.2, 0.25) is 0 Å². The Morgan fingerprint density at radius 1 is 1.02 bits per heavy atom. The third-order valence-corrected chi connectivity index (χ3v) is 12.8. The van der Waals surface area contributed by atoms with E-state index in [-0.39, 0.29) is 34.6 Å². The lowest BCUT2D eigenvalue weighted by atomic mass is 9.92. The van der Waals surface area contributed by atoms with E-state index in [1.54, 1.807) is 18.1 Å². The molecule has 51 heavy (non-hydrogen) atoms. The maximum atomic E-state index is 14.1. The Bertz CT molecular complexity index is 2090. The van der Waals surface area contributed by atoms with Crippen LogP contribution in [0.1, 0.15) is 49.4 Å². The van der Waals surface area contributed by atoms with Crippen molar-refractivity contribution in [1.82, 2.24) is 18.8 Å². The van der Waals surface area contributed by atoms with Crippen LogP contribution in [0.3, 0.4) is 0 Å². The van der Waals surface area contributed by atoms with Crippen molar-refractivity contribution in [3.63, 3.8) is 0 Å². The minimum Gasteiger partial charge on any atom is -0.422 e. The number of hydrogen-bond acceptors (Lipinski definition) is 10. The first-order valence-corrected chi connectivity index (χ1v) is 19.2. The number of anilines is 2. The van der Waals surface area contributed by atoms with Gasteiger partial charge in [0.15, 0.2) is 0 Å². The number of rotatable bonds is 8. The van der Waals surface area contributed by atoms with Crippen LogP contribution in [0.15, 0.2) is 27.4 Å². The Morgan fingerprint density at radius 2 is 1.75 bits per heavy atom. The van der Waals surface area contributed by atoms with Crippen LogP contribution in [0, 0.1) is 25.7 Å². The van der Waals surface area contributed by atoms with Gasteiger partial charge in [-0.2, -0.15) is 12.7 Å². The monoisotopic (exact) mass is 740 g/mol. The molecule has 3 fully saturated rings. The molecule has 1 aliphatic carbocycles. The fraction of sp³-hybridized carbons (Fsp3) is 0.528. The van der Waals surface area contributed by atoms with Crippen LogP contribution in [0.25, 0.3) is 11.0 Å². The van der Waals surface area contributed by atoms with E-state index < -0.39 is 21.7 Å². The summed E-state index contributed by atoms with van der Waals surface area (Å²) >= 11 is 6.71. The zero-order valence-electron chi connectivity index (χ0n) is 29.9. The highest BCUT2D eigenvalue weighted by Gasteiger charge is 2.46. The molecule has 4 heterocycles. The van der Waals surface area contributed by atoms with E-state index in [1.165, 1.54) is 20.2 Å². The molecule has 3 atom stereocenters. The molecule has 7 rings (SSSR count). The predicted molar refractivity (Wildman–Crippen MR) is 196 cm³/mol. The molecule has 2 unspecified atom stereocenters. The lowest BCUT2D eigenvalue weighted by Gasteiger charge is -2.41. The number of aryl methyl sites for hydroxylation is 2. The molecule has 2 saturated heterocycles. The van der Waals surface area contributed by atoms with Crippen molar-refractivity contribution in [2.24, 2.45) is 11.8 Å². The molecule has 1 saturated carbocycles. The number of hydrogen-bond donors (Lipinski definition) is 1. The van der Waals surface area contributed by atoms with Gasteiger partial charge in [-0.1, -0.05) is 11.6 Å². The Morgan fingerprint density at radius 3 is 2.43 bits per heavy atom. The van der Waals surface area contributed by atoms with Crippen LogP contribution in [-0.4, -0.2) is 115 Å². The summed E-state index contributed by atoms with van der Waals surface area (Å²) < 4.78 is 39.6. The largest absolute Gasteiger partial charge is 0.422 e. The molecule has 1 aromatic heterocycles. The number of nitrogens with one attached hydrogen (secondary N) is 1. The molecule has 3 aliphatic heterocycles. The lowest BCUT2D eigenvalue weighted by Crippen LogP contribution is -2.53. The summed E-state index contributed by atoms with van der Waals surface area (Å²) in [5.41, 5.74) is 5.13. The molecule has 2 aromatic carbocycles. The Hall–Kier alpha value is -3.69. The van der Waals surface area contributed by atoms with Gasteiger partial charge in [-0.25, -0.2) is 9.52 Å². The van der Waals surface area contributed by atoms with Crippen molar-refractivity contribution in [2.75, 3.05) is 83.9 Å². The molecule has 4 aliphatic rings. The van der Waals surface area contributed by atoms with Gasteiger partial charge in [-0.05, 0) is 74.9 Å². The number of fused-ring (bicyclic) bond motifs is 4. The summed E-state index contributed by atoms with van der Waals surface area (Å²) in [6, 6.07) is 5.46. The first-order chi connectivity index (χ1) is 24.2. The van der Waals surface area contributed by atoms with Crippen LogP contribution in [0.2, 0.25) is 5.02 Å². The number of halogens is 1. The smallest absolute Gasteiger partial charge is 0.341 e. The number of amides is 2. The molecule has 13 nitrogen and oxygen atoms in total. The third-order valence-electron chi connectivity index (χ3n) is 11.1.